The maximum atomic E-state index is 12.5. The van der Waals surface area contributed by atoms with Crippen molar-refractivity contribution in [3.05, 3.63) is 58.1 Å². The van der Waals surface area contributed by atoms with Gasteiger partial charge in [0.05, 0.1) is 16.3 Å². The molecule has 0 bridgehead atoms. The summed E-state index contributed by atoms with van der Waals surface area (Å²) in [5.74, 6) is -0.278. The second-order valence-corrected chi connectivity index (χ2v) is 9.59. The van der Waals surface area contributed by atoms with Gasteiger partial charge in [0.25, 0.3) is 0 Å². The van der Waals surface area contributed by atoms with Gasteiger partial charge in [-0.05, 0) is 42.3 Å². The average Bonchev–Trinajstić information content (AvgIpc) is 2.68. The zero-order chi connectivity index (χ0) is 21.9. The fourth-order valence-corrected chi connectivity index (χ4v) is 4.03. The highest BCUT2D eigenvalue weighted by Gasteiger charge is 2.28. The molecule has 1 saturated heterocycles. The molecular formula is C21H25Cl2N3O4S. The molecule has 1 aliphatic rings. The molecule has 168 valence electrons. The smallest absolute Gasteiger partial charge is 0.246 e. The van der Waals surface area contributed by atoms with E-state index in [2.05, 4.69) is 4.72 Å². The maximum absolute atomic E-state index is 12.5. The van der Waals surface area contributed by atoms with Crippen LogP contribution in [0.15, 0.2) is 42.5 Å². The lowest BCUT2D eigenvalue weighted by atomic mass is 10.1. The van der Waals surface area contributed by atoms with Gasteiger partial charge in [0, 0.05) is 30.9 Å². The van der Waals surface area contributed by atoms with Crippen molar-refractivity contribution in [2.24, 2.45) is 0 Å². The molecule has 0 unspecified atom stereocenters. The molecule has 1 aliphatic heterocycles. The number of nitrogens with zero attached hydrogens (tertiary/aromatic N) is 2. The highest BCUT2D eigenvalue weighted by Crippen LogP contribution is 2.28. The van der Waals surface area contributed by atoms with Gasteiger partial charge in [-0.25, -0.2) is 8.42 Å². The van der Waals surface area contributed by atoms with Crippen molar-refractivity contribution in [3.8, 4) is 0 Å². The fraction of sp³-hybridized carbons (Fsp3) is 0.333. The Kier molecular flexibility index (Phi) is 8.34. The highest BCUT2D eigenvalue weighted by atomic mass is 35.5. The first-order valence-corrected chi connectivity index (χ1v) is 11.9. The molecule has 1 heterocycles. The van der Waals surface area contributed by atoms with Gasteiger partial charge in [-0.3, -0.25) is 14.3 Å². The average molecular weight is 486 g/mol. The number of carbonyl (C=O) groups excluding carboxylic acids is 2. The van der Waals surface area contributed by atoms with Gasteiger partial charge in [0.1, 0.15) is 6.54 Å². The minimum Gasteiger partial charge on any atom is -0.332 e. The molecule has 2 aromatic rings. The summed E-state index contributed by atoms with van der Waals surface area (Å²) in [7, 11) is -3.33. The lowest BCUT2D eigenvalue weighted by molar-refractivity contribution is -0.136. The van der Waals surface area contributed by atoms with Crippen LogP contribution in [0, 0.1) is 0 Å². The summed E-state index contributed by atoms with van der Waals surface area (Å²) in [5, 5.41) is 0.792. The molecule has 7 nitrogen and oxygen atoms in total. The van der Waals surface area contributed by atoms with Crippen LogP contribution in [0.3, 0.4) is 0 Å². The number of benzene rings is 2. The number of sulfonamides is 1. The molecule has 0 saturated carbocycles. The van der Waals surface area contributed by atoms with Gasteiger partial charge in [0.15, 0.2) is 0 Å². The monoisotopic (exact) mass is 485 g/mol. The van der Waals surface area contributed by atoms with E-state index < -0.39 is 10.0 Å². The predicted octanol–water partition coefficient (Wildman–Crippen LogP) is 3.81. The minimum absolute atomic E-state index is 0. The predicted molar refractivity (Wildman–Crippen MR) is 125 cm³/mol. The van der Waals surface area contributed by atoms with Gasteiger partial charge in [-0.1, -0.05) is 42.8 Å². The molecule has 2 amide bonds. The van der Waals surface area contributed by atoms with Crippen molar-refractivity contribution < 1.29 is 18.0 Å². The van der Waals surface area contributed by atoms with E-state index in [9.17, 15) is 18.0 Å². The van der Waals surface area contributed by atoms with E-state index >= 15 is 0 Å². The Labute approximate surface area is 193 Å². The van der Waals surface area contributed by atoms with Crippen LogP contribution in [0.1, 0.15) is 19.4 Å². The van der Waals surface area contributed by atoms with Crippen molar-refractivity contribution in [1.82, 2.24) is 4.90 Å². The third-order valence-corrected chi connectivity index (χ3v) is 6.02. The lowest BCUT2D eigenvalue weighted by Crippen LogP contribution is -2.52. The number of hydrogen-bond donors (Lipinski definition) is 1. The Balaban J connectivity index is 0.00000341. The summed E-state index contributed by atoms with van der Waals surface area (Å²) in [4.78, 5) is 28.2. The molecule has 10 heteroatoms. The summed E-state index contributed by atoms with van der Waals surface area (Å²) in [6, 6.07) is 11.9. The van der Waals surface area contributed by atoms with E-state index in [1.165, 1.54) is 0 Å². The molecule has 1 N–H and O–H groups in total. The number of piperazine rings is 1. The molecule has 1 fully saturated rings. The van der Waals surface area contributed by atoms with Crippen molar-refractivity contribution in [3.63, 3.8) is 0 Å². The second-order valence-electron chi connectivity index (χ2n) is 7.03. The topological polar surface area (TPSA) is 86.8 Å². The standard InChI is InChI=1S/C20H21Cl2N3O4S.CH4/c1-30(28,29)23-15-5-2-14(3-6-15)4-9-19(26)24-10-11-25(20(27)13-24)16-7-8-17(21)18(22)12-16;/h2-3,5-8,12,23H,4,9-11,13H2,1H3;1H4. The van der Waals surface area contributed by atoms with Crippen molar-refractivity contribution in [2.45, 2.75) is 20.3 Å². The Morgan fingerprint density at radius 1 is 1.06 bits per heavy atom. The number of amides is 2. The van der Waals surface area contributed by atoms with Gasteiger partial charge in [-0.2, -0.15) is 0 Å². The van der Waals surface area contributed by atoms with Crippen LogP contribution in [-0.4, -0.2) is 51.0 Å². The van der Waals surface area contributed by atoms with Crippen molar-refractivity contribution in [2.75, 3.05) is 35.5 Å². The molecule has 0 spiro atoms. The van der Waals surface area contributed by atoms with E-state index in [0.29, 0.717) is 40.9 Å². The molecule has 3 rings (SSSR count). The fourth-order valence-electron chi connectivity index (χ4n) is 3.17. The van der Waals surface area contributed by atoms with Gasteiger partial charge in [-0.15, -0.1) is 0 Å². The summed E-state index contributed by atoms with van der Waals surface area (Å²) in [6.45, 7) is 0.826. The van der Waals surface area contributed by atoms with Crippen LogP contribution in [0.2, 0.25) is 10.0 Å². The summed E-state index contributed by atoms with van der Waals surface area (Å²) < 4.78 is 24.9. The normalized spacial score (nSPS) is 14.2. The Morgan fingerprint density at radius 3 is 2.32 bits per heavy atom. The number of hydrogen-bond acceptors (Lipinski definition) is 4. The first-order valence-electron chi connectivity index (χ1n) is 9.22. The Bertz CT molecular complexity index is 1060. The maximum Gasteiger partial charge on any atom is 0.246 e. The Morgan fingerprint density at radius 2 is 1.74 bits per heavy atom. The van der Waals surface area contributed by atoms with Gasteiger partial charge in [0.2, 0.25) is 21.8 Å². The quantitative estimate of drug-likeness (QED) is 0.673. The highest BCUT2D eigenvalue weighted by molar-refractivity contribution is 7.92. The number of nitrogens with one attached hydrogen (secondary N) is 1. The van der Waals surface area contributed by atoms with Crippen LogP contribution in [-0.2, 0) is 26.0 Å². The lowest BCUT2D eigenvalue weighted by Gasteiger charge is -2.34. The van der Waals surface area contributed by atoms with Crippen molar-refractivity contribution >= 4 is 56.4 Å². The number of carbonyl (C=O) groups is 2. The van der Waals surface area contributed by atoms with Crippen LogP contribution < -0.4 is 9.62 Å². The molecule has 0 atom stereocenters. The van der Waals surface area contributed by atoms with Crippen LogP contribution in [0.5, 0.6) is 0 Å². The zero-order valence-electron chi connectivity index (χ0n) is 16.3. The van der Waals surface area contributed by atoms with E-state index in [0.717, 1.165) is 11.8 Å². The molecule has 0 aromatic heterocycles. The number of rotatable bonds is 6. The number of halogens is 2. The zero-order valence-corrected chi connectivity index (χ0v) is 18.6. The number of aryl methyl sites for hydroxylation is 1. The van der Waals surface area contributed by atoms with E-state index in [-0.39, 0.29) is 32.2 Å². The molecule has 0 radical (unpaired) electrons. The molecule has 0 aliphatic carbocycles. The molecular weight excluding hydrogens is 461 g/mol. The largest absolute Gasteiger partial charge is 0.332 e. The minimum atomic E-state index is -3.33. The van der Waals surface area contributed by atoms with Gasteiger partial charge < -0.3 is 9.80 Å². The van der Waals surface area contributed by atoms with E-state index in [4.69, 9.17) is 23.2 Å². The van der Waals surface area contributed by atoms with Crippen LogP contribution >= 0.6 is 23.2 Å². The Hall–Kier alpha value is -2.29. The SMILES string of the molecule is C.CS(=O)(=O)Nc1ccc(CCC(=O)N2CCN(c3ccc(Cl)c(Cl)c3)C(=O)C2)cc1. The summed E-state index contributed by atoms with van der Waals surface area (Å²) >= 11 is 12.0. The first-order chi connectivity index (χ1) is 14.1. The molecule has 2 aromatic carbocycles. The second kappa shape index (κ2) is 10.3. The van der Waals surface area contributed by atoms with Crippen LogP contribution in [0.4, 0.5) is 11.4 Å². The van der Waals surface area contributed by atoms with Crippen LogP contribution in [0.25, 0.3) is 0 Å². The molecule has 31 heavy (non-hydrogen) atoms. The first kappa shape index (κ1) is 25.0. The van der Waals surface area contributed by atoms with E-state index in [1.807, 2.05) is 0 Å². The summed E-state index contributed by atoms with van der Waals surface area (Å²) in [6.07, 6.45) is 1.85. The summed E-state index contributed by atoms with van der Waals surface area (Å²) in [5.41, 5.74) is 2.03. The van der Waals surface area contributed by atoms with Gasteiger partial charge >= 0.3 is 0 Å². The third-order valence-electron chi connectivity index (χ3n) is 4.67. The third kappa shape index (κ3) is 6.85. The van der Waals surface area contributed by atoms with Crippen molar-refractivity contribution in [1.29, 1.82) is 0 Å². The number of anilines is 2. The van der Waals surface area contributed by atoms with E-state index in [1.54, 1.807) is 52.3 Å².